The van der Waals surface area contributed by atoms with Crippen molar-refractivity contribution in [3.63, 3.8) is 0 Å². The number of carbonyl (C=O) groups is 1. The second-order valence-electron chi connectivity index (χ2n) is 8.55. The second-order valence-corrected chi connectivity index (χ2v) is 9.52. The Morgan fingerprint density at radius 3 is 2.41 bits per heavy atom. The summed E-state index contributed by atoms with van der Waals surface area (Å²) in [5.74, 6) is 2.15. The highest BCUT2D eigenvalue weighted by atomic mass is 35.5. The van der Waals surface area contributed by atoms with Crippen LogP contribution in [-0.4, -0.2) is 57.3 Å². The number of benzene rings is 1. The highest BCUT2D eigenvalue weighted by Gasteiger charge is 2.31. The van der Waals surface area contributed by atoms with E-state index < -0.39 is 0 Å². The molecule has 0 saturated carbocycles. The van der Waals surface area contributed by atoms with Gasteiger partial charge in [-0.3, -0.25) is 4.79 Å². The average molecular weight is 472 g/mol. The van der Waals surface area contributed by atoms with E-state index in [4.69, 9.17) is 16.3 Å². The van der Waals surface area contributed by atoms with Gasteiger partial charge in [-0.1, -0.05) is 11.6 Å². The van der Waals surface area contributed by atoms with Crippen LogP contribution in [0.3, 0.4) is 0 Å². The zero-order valence-corrected chi connectivity index (χ0v) is 19.4. The third-order valence-electron chi connectivity index (χ3n) is 6.76. The van der Waals surface area contributed by atoms with Gasteiger partial charge in [0.25, 0.3) is 5.91 Å². The Bertz CT molecular complexity index is 1060. The first kappa shape index (κ1) is 21.4. The number of hydrogen-bond donors (Lipinski definition) is 0. The Labute approximate surface area is 196 Å². The lowest BCUT2D eigenvalue weighted by molar-refractivity contribution is -0.135. The summed E-state index contributed by atoms with van der Waals surface area (Å²) in [5, 5.41) is 0.658. The summed E-state index contributed by atoms with van der Waals surface area (Å²) in [4.78, 5) is 21.2. The summed E-state index contributed by atoms with van der Waals surface area (Å²) in [6.07, 6.45) is 6.34. The van der Waals surface area contributed by atoms with Gasteiger partial charge >= 0.3 is 0 Å². The largest absolute Gasteiger partial charge is 0.484 e. The molecule has 0 bridgehead atoms. The topological polar surface area (TPSA) is 71.5 Å². The van der Waals surface area contributed by atoms with E-state index in [0.717, 1.165) is 61.8 Å². The Morgan fingerprint density at radius 1 is 1.00 bits per heavy atom. The molecule has 168 valence electrons. The number of carbonyl (C=O) groups excluding carboxylic acids is 1. The molecule has 2 saturated heterocycles. The monoisotopic (exact) mass is 471 g/mol. The predicted molar refractivity (Wildman–Crippen MR) is 126 cm³/mol. The van der Waals surface area contributed by atoms with E-state index in [2.05, 4.69) is 24.7 Å². The van der Waals surface area contributed by atoms with E-state index in [9.17, 15) is 4.79 Å². The standard InChI is InChI=1S/C23H26ClN5O2S/c24-18-1-3-19(4-2-18)31-15-21(30)29-13-8-17(9-14-29)16-6-11-28(12-7-16)20-5-10-25-23-22(20)26-32-27-23/h1-5,10,16-17H,6-9,11-15H2. The lowest BCUT2D eigenvalue weighted by atomic mass is 9.78. The molecule has 0 N–H and O–H groups in total. The van der Waals surface area contributed by atoms with Gasteiger partial charge in [0.1, 0.15) is 11.3 Å². The smallest absolute Gasteiger partial charge is 0.260 e. The van der Waals surface area contributed by atoms with Crippen LogP contribution in [-0.2, 0) is 4.79 Å². The van der Waals surface area contributed by atoms with Crippen LogP contribution >= 0.6 is 23.3 Å². The molecule has 0 aliphatic carbocycles. The van der Waals surface area contributed by atoms with Gasteiger partial charge < -0.3 is 14.5 Å². The van der Waals surface area contributed by atoms with Gasteiger partial charge in [-0.2, -0.15) is 8.75 Å². The zero-order valence-electron chi connectivity index (χ0n) is 17.8. The number of rotatable bonds is 5. The summed E-state index contributed by atoms with van der Waals surface area (Å²) < 4.78 is 14.3. The summed E-state index contributed by atoms with van der Waals surface area (Å²) in [6, 6.07) is 9.17. The van der Waals surface area contributed by atoms with Gasteiger partial charge in [0, 0.05) is 37.4 Å². The maximum absolute atomic E-state index is 12.6. The normalized spacial score (nSPS) is 18.3. The van der Waals surface area contributed by atoms with Gasteiger partial charge in [0.05, 0.1) is 17.4 Å². The highest BCUT2D eigenvalue weighted by molar-refractivity contribution is 7.00. The maximum Gasteiger partial charge on any atom is 0.260 e. The minimum atomic E-state index is 0.0618. The summed E-state index contributed by atoms with van der Waals surface area (Å²) in [5.41, 5.74) is 2.82. The van der Waals surface area contributed by atoms with E-state index in [1.54, 1.807) is 24.3 Å². The maximum atomic E-state index is 12.6. The lowest BCUT2D eigenvalue weighted by Crippen LogP contribution is -2.44. The van der Waals surface area contributed by atoms with Crippen LogP contribution in [0.2, 0.25) is 5.02 Å². The van der Waals surface area contributed by atoms with Gasteiger partial charge in [-0.05, 0) is 67.9 Å². The lowest BCUT2D eigenvalue weighted by Gasteiger charge is -2.40. The number of fused-ring (bicyclic) bond motifs is 1. The van der Waals surface area contributed by atoms with Crippen molar-refractivity contribution in [2.45, 2.75) is 25.7 Å². The fraction of sp³-hybridized carbons (Fsp3) is 0.478. The van der Waals surface area contributed by atoms with Crippen LogP contribution in [0, 0.1) is 11.8 Å². The molecule has 0 spiro atoms. The van der Waals surface area contributed by atoms with Gasteiger partial charge in [-0.25, -0.2) is 4.98 Å². The third-order valence-corrected chi connectivity index (χ3v) is 7.53. The van der Waals surface area contributed by atoms with Crippen molar-refractivity contribution in [3.8, 4) is 5.75 Å². The molecular weight excluding hydrogens is 446 g/mol. The fourth-order valence-electron chi connectivity index (χ4n) is 4.94. The fourth-order valence-corrected chi connectivity index (χ4v) is 5.58. The number of nitrogens with zero attached hydrogens (tertiary/aromatic N) is 5. The van der Waals surface area contributed by atoms with Crippen LogP contribution in [0.5, 0.6) is 5.75 Å². The number of aromatic nitrogens is 3. The van der Waals surface area contributed by atoms with Crippen LogP contribution < -0.4 is 9.64 Å². The first-order valence-electron chi connectivity index (χ1n) is 11.2. The minimum absolute atomic E-state index is 0.0618. The first-order valence-corrected chi connectivity index (χ1v) is 12.3. The van der Waals surface area contributed by atoms with Crippen LogP contribution in [0.4, 0.5) is 5.69 Å². The molecule has 4 heterocycles. The number of halogens is 1. The van der Waals surface area contributed by atoms with Crippen LogP contribution in [0.15, 0.2) is 36.5 Å². The molecule has 9 heteroatoms. The molecule has 2 aliphatic rings. The minimum Gasteiger partial charge on any atom is -0.484 e. The van der Waals surface area contributed by atoms with E-state index in [1.165, 1.54) is 24.6 Å². The van der Waals surface area contributed by atoms with E-state index in [0.29, 0.717) is 16.7 Å². The van der Waals surface area contributed by atoms with Crippen LogP contribution in [0.25, 0.3) is 11.2 Å². The average Bonchev–Trinajstić information content (AvgIpc) is 3.33. The quantitative estimate of drug-likeness (QED) is 0.553. The van der Waals surface area contributed by atoms with E-state index in [1.807, 2.05) is 11.1 Å². The van der Waals surface area contributed by atoms with Crippen molar-refractivity contribution in [2.24, 2.45) is 11.8 Å². The van der Waals surface area contributed by atoms with Crippen molar-refractivity contribution in [1.29, 1.82) is 0 Å². The summed E-state index contributed by atoms with van der Waals surface area (Å²) in [7, 11) is 0. The molecular formula is C23H26ClN5O2S. The molecule has 0 unspecified atom stereocenters. The number of amides is 1. The first-order chi connectivity index (χ1) is 15.7. The number of likely N-dealkylation sites (tertiary alicyclic amines) is 1. The van der Waals surface area contributed by atoms with Crippen molar-refractivity contribution in [3.05, 3.63) is 41.6 Å². The molecule has 7 nitrogen and oxygen atoms in total. The number of piperidine rings is 2. The van der Waals surface area contributed by atoms with Crippen molar-refractivity contribution >= 4 is 46.1 Å². The van der Waals surface area contributed by atoms with E-state index in [-0.39, 0.29) is 12.5 Å². The Kier molecular flexibility index (Phi) is 6.41. The Balaban J connectivity index is 1.08. The molecule has 32 heavy (non-hydrogen) atoms. The Hall–Kier alpha value is -2.45. The third kappa shape index (κ3) is 4.66. The zero-order chi connectivity index (χ0) is 21.9. The number of anilines is 1. The predicted octanol–water partition coefficient (Wildman–Crippen LogP) is 4.27. The Morgan fingerprint density at radius 2 is 1.69 bits per heavy atom. The van der Waals surface area contributed by atoms with Crippen molar-refractivity contribution in [2.75, 3.05) is 37.7 Å². The molecule has 0 atom stereocenters. The van der Waals surface area contributed by atoms with Crippen molar-refractivity contribution < 1.29 is 9.53 Å². The summed E-state index contributed by atoms with van der Waals surface area (Å²) >= 11 is 7.11. The van der Waals surface area contributed by atoms with E-state index >= 15 is 0 Å². The molecule has 0 radical (unpaired) electrons. The molecule has 1 aromatic carbocycles. The molecule has 2 fully saturated rings. The highest BCUT2D eigenvalue weighted by Crippen LogP contribution is 2.35. The van der Waals surface area contributed by atoms with Crippen LogP contribution in [0.1, 0.15) is 25.7 Å². The van der Waals surface area contributed by atoms with Gasteiger partial charge in [0.2, 0.25) is 0 Å². The summed E-state index contributed by atoms with van der Waals surface area (Å²) in [6.45, 7) is 3.80. The van der Waals surface area contributed by atoms with Crippen molar-refractivity contribution in [1.82, 2.24) is 18.6 Å². The molecule has 3 aromatic rings. The molecule has 2 aromatic heterocycles. The SMILES string of the molecule is O=C(COc1ccc(Cl)cc1)N1CCC(C2CCN(c3ccnc4nsnc34)CC2)CC1. The molecule has 2 aliphatic heterocycles. The molecule has 1 amide bonds. The second kappa shape index (κ2) is 9.58. The van der Waals surface area contributed by atoms with Gasteiger partial charge in [0.15, 0.2) is 12.3 Å². The molecule has 5 rings (SSSR count). The number of hydrogen-bond acceptors (Lipinski definition) is 7. The number of ether oxygens (including phenoxy) is 1. The van der Waals surface area contributed by atoms with Gasteiger partial charge in [-0.15, -0.1) is 0 Å². The number of pyridine rings is 1.